The zero-order valence-corrected chi connectivity index (χ0v) is 13.8. The molecule has 1 atom stereocenters. The summed E-state index contributed by atoms with van der Waals surface area (Å²) in [5, 5.41) is 10.5. The molecule has 0 bridgehead atoms. The molecular weight excluding hydrogens is 339 g/mol. The maximum atomic E-state index is 11.4. The van der Waals surface area contributed by atoms with Crippen molar-refractivity contribution in [2.24, 2.45) is 0 Å². The number of ether oxygens (including phenoxy) is 2. The van der Waals surface area contributed by atoms with E-state index in [-0.39, 0.29) is 50.3 Å². The van der Waals surface area contributed by atoms with Gasteiger partial charge >= 0.3 is 6.16 Å². The smallest absolute Gasteiger partial charge is 0.434 e. The summed E-state index contributed by atoms with van der Waals surface area (Å²) in [5.74, 6) is 0.188. The molecule has 0 aliphatic heterocycles. The minimum Gasteiger partial charge on any atom is -0.434 e. The number of nitro groups is 1. The molecule has 0 fully saturated rings. The van der Waals surface area contributed by atoms with Crippen LogP contribution in [-0.4, -0.2) is 17.2 Å². The van der Waals surface area contributed by atoms with E-state index >= 15 is 0 Å². The van der Waals surface area contributed by atoms with Crippen molar-refractivity contribution in [1.82, 2.24) is 0 Å². The van der Waals surface area contributed by atoms with Crippen LogP contribution in [-0.2, 0) is 37.4 Å². The number of hydrogen-bond acceptors (Lipinski definition) is 5. The number of nitrogens with zero attached hydrogens (tertiary/aromatic N) is 1. The number of benzene rings is 1. The summed E-state index contributed by atoms with van der Waals surface area (Å²) in [4.78, 5) is 21.4. The van der Waals surface area contributed by atoms with Crippen molar-refractivity contribution in [3.05, 3.63) is 48.2 Å². The summed E-state index contributed by atoms with van der Waals surface area (Å²) in [7, 11) is 0. The third-order valence-corrected chi connectivity index (χ3v) is 2.36. The number of carbonyl (C=O) groups is 1. The van der Waals surface area contributed by atoms with Gasteiger partial charge < -0.3 is 23.3 Å². The molecule has 0 aliphatic carbocycles. The number of carbonyl (C=O) groups excluding carboxylic acids is 1. The van der Waals surface area contributed by atoms with Crippen LogP contribution in [0.15, 0.2) is 24.3 Å². The van der Waals surface area contributed by atoms with E-state index in [2.05, 4.69) is 13.8 Å². The minimum atomic E-state index is -0.851. The summed E-state index contributed by atoms with van der Waals surface area (Å²) in [5.41, 5.74) is -0.0755. The zero-order valence-electron chi connectivity index (χ0n) is 11.0. The molecule has 0 heterocycles. The summed E-state index contributed by atoms with van der Waals surface area (Å²) in [6.07, 6.45) is 0.494. The van der Waals surface area contributed by atoms with Crippen LogP contribution in [0.25, 0.3) is 0 Å². The second-order valence-corrected chi connectivity index (χ2v) is 3.77. The van der Waals surface area contributed by atoms with Gasteiger partial charge in [0.15, 0.2) is 0 Å². The molecule has 1 aromatic rings. The van der Waals surface area contributed by atoms with Crippen molar-refractivity contribution in [2.75, 3.05) is 0 Å². The third-order valence-electron chi connectivity index (χ3n) is 2.36. The van der Waals surface area contributed by atoms with Crippen LogP contribution in [0.2, 0.25) is 0 Å². The average Bonchev–Trinajstić information content (AvgIpc) is 2.38. The van der Waals surface area contributed by atoms with E-state index in [1.165, 1.54) is 24.3 Å². The van der Waals surface area contributed by atoms with Gasteiger partial charge in [0.1, 0.15) is 5.75 Å². The van der Waals surface area contributed by atoms with Crippen molar-refractivity contribution in [3.63, 3.8) is 0 Å². The van der Waals surface area contributed by atoms with Gasteiger partial charge in [-0.2, -0.15) is 6.42 Å². The Hall–Kier alpha value is -1.01. The SMILES string of the molecule is [CH2-]CC[C@@H](C[CH2-])OC(=O)Oc1ccc([N+](=O)[O-])cc1.[Y]. The number of rotatable bonds is 6. The van der Waals surface area contributed by atoms with Gasteiger partial charge in [-0.25, -0.2) is 4.79 Å². The van der Waals surface area contributed by atoms with Crippen molar-refractivity contribution in [3.8, 4) is 5.75 Å². The summed E-state index contributed by atoms with van der Waals surface area (Å²) in [6.45, 7) is 7.33. The van der Waals surface area contributed by atoms with E-state index in [4.69, 9.17) is 9.47 Å². The predicted molar refractivity (Wildman–Crippen MR) is 68.6 cm³/mol. The van der Waals surface area contributed by atoms with Gasteiger partial charge in [-0.1, -0.05) is 0 Å². The van der Waals surface area contributed by atoms with Crippen LogP contribution in [0, 0.1) is 24.0 Å². The van der Waals surface area contributed by atoms with Crippen molar-refractivity contribution in [1.29, 1.82) is 0 Å². The van der Waals surface area contributed by atoms with Gasteiger partial charge in [0.05, 0.1) is 11.0 Å². The summed E-state index contributed by atoms with van der Waals surface area (Å²) >= 11 is 0. The Labute approximate surface area is 142 Å². The Bertz CT molecular complexity index is 435. The average molecular weight is 354 g/mol. The van der Waals surface area contributed by atoms with Crippen LogP contribution in [0.4, 0.5) is 10.5 Å². The van der Waals surface area contributed by atoms with Crippen LogP contribution < -0.4 is 4.74 Å². The van der Waals surface area contributed by atoms with E-state index in [0.717, 1.165) is 0 Å². The second-order valence-electron chi connectivity index (χ2n) is 3.77. The predicted octanol–water partition coefficient (Wildman–Crippen LogP) is 3.31. The van der Waals surface area contributed by atoms with E-state index in [1.807, 2.05) is 0 Å². The molecule has 0 saturated heterocycles. The molecule has 0 aliphatic rings. The van der Waals surface area contributed by atoms with Crippen LogP contribution in [0.3, 0.4) is 0 Å². The molecule has 1 aromatic carbocycles. The van der Waals surface area contributed by atoms with Gasteiger partial charge in [-0.05, 0) is 18.6 Å². The largest absolute Gasteiger partial charge is 0.514 e. The first-order valence-electron chi connectivity index (χ1n) is 5.78. The maximum Gasteiger partial charge on any atom is 0.514 e. The fourth-order valence-corrected chi connectivity index (χ4v) is 1.38. The molecule has 0 spiro atoms. The quantitative estimate of drug-likeness (QED) is 0.257. The summed E-state index contributed by atoms with van der Waals surface area (Å²) in [6, 6.07) is 5.16. The van der Waals surface area contributed by atoms with E-state index in [9.17, 15) is 14.9 Å². The van der Waals surface area contributed by atoms with Gasteiger partial charge in [0.2, 0.25) is 0 Å². The Morgan fingerprint density at radius 1 is 1.30 bits per heavy atom. The Morgan fingerprint density at radius 2 is 1.90 bits per heavy atom. The Morgan fingerprint density at radius 3 is 2.35 bits per heavy atom. The summed E-state index contributed by atoms with van der Waals surface area (Å²) < 4.78 is 9.92. The number of non-ortho nitro benzene ring substituents is 1. The molecule has 0 unspecified atom stereocenters. The molecule has 6 nitrogen and oxygen atoms in total. The monoisotopic (exact) mass is 354 g/mol. The van der Waals surface area contributed by atoms with Crippen molar-refractivity contribution in [2.45, 2.75) is 25.4 Å². The molecule has 1 rings (SSSR count). The van der Waals surface area contributed by atoms with Crippen molar-refractivity contribution < 1.29 is 51.9 Å². The van der Waals surface area contributed by atoms with Crippen LogP contribution in [0.1, 0.15) is 19.3 Å². The van der Waals surface area contributed by atoms with E-state index < -0.39 is 11.1 Å². The molecule has 0 aromatic heterocycles. The van der Waals surface area contributed by atoms with E-state index in [1.54, 1.807) is 0 Å². The van der Waals surface area contributed by atoms with Gasteiger partial charge in [-0.3, -0.25) is 10.1 Å². The van der Waals surface area contributed by atoms with E-state index in [0.29, 0.717) is 19.3 Å². The van der Waals surface area contributed by atoms with Gasteiger partial charge in [0.25, 0.3) is 5.69 Å². The van der Waals surface area contributed by atoms with Crippen LogP contribution >= 0.6 is 0 Å². The second kappa shape index (κ2) is 9.83. The molecule has 0 amide bonds. The van der Waals surface area contributed by atoms with Gasteiger partial charge in [0, 0.05) is 44.8 Å². The fraction of sp³-hybridized carbons (Fsp3) is 0.308. The Balaban J connectivity index is 0.00000361. The third kappa shape index (κ3) is 6.43. The topological polar surface area (TPSA) is 78.7 Å². The molecule has 107 valence electrons. The zero-order chi connectivity index (χ0) is 14.3. The normalized spacial score (nSPS) is 11.1. The fourth-order valence-electron chi connectivity index (χ4n) is 1.38. The van der Waals surface area contributed by atoms with Crippen LogP contribution in [0.5, 0.6) is 5.75 Å². The standard InChI is InChI=1S/C13H15NO5.Y/c1-3-5-11(4-2)18-13(15)19-12-8-6-10(7-9-12)14(16)17;/h6-9,11H,1-5H2;/q-2;/t11-;/m1./s1. The molecule has 1 radical (unpaired) electrons. The molecular formula is C13H15NO5Y-2. The number of hydrogen-bond donors (Lipinski definition) is 0. The minimum absolute atomic E-state index is 0. The first-order chi connectivity index (χ1) is 9.06. The Kier molecular flexibility index (Phi) is 9.33. The maximum absolute atomic E-state index is 11.4. The molecule has 0 saturated carbocycles. The molecule has 0 N–H and O–H groups in total. The first-order valence-corrected chi connectivity index (χ1v) is 5.78. The molecule has 20 heavy (non-hydrogen) atoms. The molecule has 7 heteroatoms. The first kappa shape index (κ1) is 19.0. The number of nitro benzene ring substituents is 1. The van der Waals surface area contributed by atoms with Crippen molar-refractivity contribution >= 4 is 11.8 Å². The van der Waals surface area contributed by atoms with Gasteiger partial charge in [-0.15, -0.1) is 6.42 Å².